The Kier molecular flexibility index (Phi) is 9.86. The topological polar surface area (TPSA) is 120 Å². The SMILES string of the molecule is COc1c(OCC2CCNCC2)ccc2c(Oc3ccc(NC(=O)C(=O)NCCOc4ccccc4)cc3F)ccnc12. The molecule has 0 unspecified atom stereocenters. The lowest BCUT2D eigenvalue weighted by molar-refractivity contribution is -0.136. The van der Waals surface area contributed by atoms with Crippen molar-refractivity contribution in [2.24, 2.45) is 5.92 Å². The van der Waals surface area contributed by atoms with Gasteiger partial charge in [0.1, 0.15) is 23.6 Å². The van der Waals surface area contributed by atoms with Crippen LogP contribution >= 0.6 is 0 Å². The number of anilines is 1. The van der Waals surface area contributed by atoms with Crippen LogP contribution in [0.15, 0.2) is 72.9 Å². The number of piperidine rings is 1. The van der Waals surface area contributed by atoms with E-state index in [1.54, 1.807) is 43.6 Å². The van der Waals surface area contributed by atoms with E-state index in [2.05, 4.69) is 20.9 Å². The normalized spacial score (nSPS) is 13.3. The van der Waals surface area contributed by atoms with Gasteiger partial charge in [-0.15, -0.1) is 0 Å². The van der Waals surface area contributed by atoms with E-state index in [-0.39, 0.29) is 24.6 Å². The number of ether oxygens (including phenoxy) is 4. The van der Waals surface area contributed by atoms with Crippen molar-refractivity contribution in [1.82, 2.24) is 15.6 Å². The fourth-order valence-corrected chi connectivity index (χ4v) is 4.70. The smallest absolute Gasteiger partial charge is 0.313 e. The molecule has 0 atom stereocenters. The van der Waals surface area contributed by atoms with Crippen LogP contribution in [0, 0.1) is 11.7 Å². The lowest BCUT2D eigenvalue weighted by Gasteiger charge is -2.23. The van der Waals surface area contributed by atoms with Crippen LogP contribution < -0.4 is 34.9 Å². The summed E-state index contributed by atoms with van der Waals surface area (Å²) >= 11 is 0. The predicted octanol–water partition coefficient (Wildman–Crippen LogP) is 4.69. The first-order chi connectivity index (χ1) is 21.0. The first-order valence-electron chi connectivity index (χ1n) is 14.1. The van der Waals surface area contributed by atoms with Crippen LogP contribution in [0.25, 0.3) is 10.9 Å². The summed E-state index contributed by atoms with van der Waals surface area (Å²) in [7, 11) is 1.55. The third-order valence-corrected chi connectivity index (χ3v) is 6.94. The zero-order valence-corrected chi connectivity index (χ0v) is 23.7. The number of benzene rings is 3. The largest absolute Gasteiger partial charge is 0.492 e. The number of para-hydroxylation sites is 1. The number of nitrogens with zero attached hydrogens (tertiary/aromatic N) is 1. The quantitative estimate of drug-likeness (QED) is 0.171. The molecule has 3 aromatic carbocycles. The molecule has 11 heteroatoms. The van der Waals surface area contributed by atoms with Gasteiger partial charge in [0.2, 0.25) is 0 Å². The van der Waals surface area contributed by atoms with Crippen molar-refractivity contribution in [3.8, 4) is 28.7 Å². The van der Waals surface area contributed by atoms with Gasteiger partial charge in [0.15, 0.2) is 23.1 Å². The van der Waals surface area contributed by atoms with E-state index in [4.69, 9.17) is 18.9 Å². The highest BCUT2D eigenvalue weighted by atomic mass is 19.1. The summed E-state index contributed by atoms with van der Waals surface area (Å²) in [6.45, 7) is 2.86. The molecule has 224 valence electrons. The molecule has 1 aliphatic heterocycles. The van der Waals surface area contributed by atoms with Gasteiger partial charge in [-0.2, -0.15) is 0 Å². The van der Waals surface area contributed by atoms with Gasteiger partial charge in [0.05, 0.1) is 20.3 Å². The van der Waals surface area contributed by atoms with Crippen LogP contribution in [0.5, 0.6) is 28.7 Å². The second kappa shape index (κ2) is 14.3. The molecule has 2 amide bonds. The number of nitrogens with one attached hydrogen (secondary N) is 3. The summed E-state index contributed by atoms with van der Waals surface area (Å²) in [5.74, 6) is -0.0644. The zero-order chi connectivity index (χ0) is 30.0. The lowest BCUT2D eigenvalue weighted by Crippen LogP contribution is -2.37. The van der Waals surface area contributed by atoms with Gasteiger partial charge in [-0.05, 0) is 74.3 Å². The monoisotopic (exact) mass is 588 g/mol. The molecule has 0 radical (unpaired) electrons. The van der Waals surface area contributed by atoms with Crippen molar-refractivity contribution < 1.29 is 32.9 Å². The zero-order valence-electron chi connectivity index (χ0n) is 23.7. The van der Waals surface area contributed by atoms with Crippen LogP contribution in [0.3, 0.4) is 0 Å². The van der Waals surface area contributed by atoms with Gasteiger partial charge in [-0.25, -0.2) is 4.39 Å². The number of fused-ring (bicyclic) bond motifs is 1. The Hall–Kier alpha value is -4.90. The minimum atomic E-state index is -0.932. The summed E-state index contributed by atoms with van der Waals surface area (Å²) in [6.07, 6.45) is 3.66. The molecule has 1 aromatic heterocycles. The van der Waals surface area contributed by atoms with Crippen molar-refractivity contribution in [3.63, 3.8) is 0 Å². The van der Waals surface area contributed by atoms with Crippen LogP contribution in [-0.4, -0.2) is 56.8 Å². The summed E-state index contributed by atoms with van der Waals surface area (Å²) in [5.41, 5.74) is 0.620. The number of pyridine rings is 1. The van der Waals surface area contributed by atoms with Gasteiger partial charge < -0.3 is 34.9 Å². The van der Waals surface area contributed by atoms with Crippen LogP contribution in [0.4, 0.5) is 10.1 Å². The minimum Gasteiger partial charge on any atom is -0.492 e. The van der Waals surface area contributed by atoms with E-state index in [1.165, 1.54) is 12.1 Å². The summed E-state index contributed by atoms with van der Waals surface area (Å²) < 4.78 is 38.1. The molecule has 0 saturated carbocycles. The maximum absolute atomic E-state index is 15.0. The second-order valence-corrected chi connectivity index (χ2v) is 9.93. The predicted molar refractivity (Wildman–Crippen MR) is 159 cm³/mol. The molecule has 43 heavy (non-hydrogen) atoms. The van der Waals surface area contributed by atoms with Crippen LogP contribution in [0.1, 0.15) is 12.8 Å². The summed E-state index contributed by atoms with van der Waals surface area (Å²) in [6, 6.07) is 18.2. The van der Waals surface area contributed by atoms with Crippen molar-refractivity contribution >= 4 is 28.4 Å². The third-order valence-electron chi connectivity index (χ3n) is 6.94. The Morgan fingerprint density at radius 1 is 0.953 bits per heavy atom. The van der Waals surface area contributed by atoms with Gasteiger partial charge in [0, 0.05) is 23.3 Å². The molecular formula is C32H33FN4O6. The van der Waals surface area contributed by atoms with Crippen molar-refractivity contribution in [2.45, 2.75) is 12.8 Å². The van der Waals surface area contributed by atoms with E-state index in [0.717, 1.165) is 32.0 Å². The average Bonchev–Trinajstić information content (AvgIpc) is 3.04. The van der Waals surface area contributed by atoms with E-state index in [1.807, 2.05) is 18.2 Å². The van der Waals surface area contributed by atoms with Gasteiger partial charge in [0.25, 0.3) is 0 Å². The Bertz CT molecular complexity index is 1560. The highest BCUT2D eigenvalue weighted by Gasteiger charge is 2.19. The van der Waals surface area contributed by atoms with E-state index in [9.17, 15) is 9.59 Å². The molecule has 3 N–H and O–H groups in total. The molecular weight excluding hydrogens is 555 g/mol. The minimum absolute atomic E-state index is 0.0711. The molecule has 0 bridgehead atoms. The summed E-state index contributed by atoms with van der Waals surface area (Å²) in [4.78, 5) is 28.9. The molecule has 0 aliphatic carbocycles. The van der Waals surface area contributed by atoms with E-state index < -0.39 is 17.6 Å². The van der Waals surface area contributed by atoms with Gasteiger partial charge >= 0.3 is 11.8 Å². The number of carbonyl (C=O) groups is 2. The Labute approximate surface area is 248 Å². The maximum Gasteiger partial charge on any atom is 0.313 e. The average molecular weight is 589 g/mol. The Morgan fingerprint density at radius 2 is 1.74 bits per heavy atom. The number of hydrogen-bond acceptors (Lipinski definition) is 8. The van der Waals surface area contributed by atoms with E-state index in [0.29, 0.717) is 46.4 Å². The first kappa shape index (κ1) is 29.6. The number of methoxy groups -OCH3 is 1. The number of halogens is 1. The number of rotatable bonds is 11. The molecule has 1 aliphatic rings. The summed E-state index contributed by atoms with van der Waals surface area (Å²) in [5, 5.41) is 8.81. The van der Waals surface area contributed by atoms with Crippen molar-refractivity contribution in [3.05, 3.63) is 78.7 Å². The van der Waals surface area contributed by atoms with Crippen molar-refractivity contribution in [2.75, 3.05) is 45.3 Å². The van der Waals surface area contributed by atoms with Gasteiger partial charge in [-0.3, -0.25) is 14.6 Å². The number of amides is 2. The highest BCUT2D eigenvalue weighted by Crippen LogP contribution is 2.40. The fraction of sp³-hybridized carbons (Fsp3) is 0.281. The van der Waals surface area contributed by atoms with Crippen molar-refractivity contribution in [1.29, 1.82) is 0 Å². The third kappa shape index (κ3) is 7.69. The molecule has 5 rings (SSSR count). The van der Waals surface area contributed by atoms with Gasteiger partial charge in [-0.1, -0.05) is 18.2 Å². The number of aromatic nitrogens is 1. The molecule has 10 nitrogen and oxygen atoms in total. The molecule has 1 saturated heterocycles. The standard InChI is InChI=1S/C32H33FN4O6/c1-40-30-28(42-20-21-11-14-34-15-12-21)10-8-24-26(13-16-35-29(24)30)43-27-9-7-22(19-25(27)33)37-32(39)31(38)36-17-18-41-23-5-3-2-4-6-23/h2-10,13,16,19,21,34H,11-12,14-15,17-18,20H2,1H3,(H,36,38)(H,37,39). The maximum atomic E-state index is 15.0. The second-order valence-electron chi connectivity index (χ2n) is 9.93. The fourth-order valence-electron chi connectivity index (χ4n) is 4.70. The molecule has 1 fully saturated rings. The number of hydrogen-bond donors (Lipinski definition) is 3. The number of carbonyl (C=O) groups excluding carboxylic acids is 2. The molecule has 0 spiro atoms. The van der Waals surface area contributed by atoms with Crippen LogP contribution in [0.2, 0.25) is 0 Å². The lowest BCUT2D eigenvalue weighted by atomic mass is 9.99. The highest BCUT2D eigenvalue weighted by molar-refractivity contribution is 6.39. The first-order valence-corrected chi connectivity index (χ1v) is 14.1. The van der Waals surface area contributed by atoms with E-state index >= 15 is 4.39 Å². The Balaban J connectivity index is 1.20. The molecule has 2 heterocycles. The Morgan fingerprint density at radius 3 is 2.51 bits per heavy atom. The van der Waals surface area contributed by atoms with Crippen LogP contribution in [-0.2, 0) is 9.59 Å². The molecule has 4 aromatic rings.